The van der Waals surface area contributed by atoms with E-state index in [1.165, 1.54) is 23.8 Å². The van der Waals surface area contributed by atoms with E-state index in [1.54, 1.807) is 12.1 Å². The van der Waals surface area contributed by atoms with Crippen LogP contribution < -0.4 is 0 Å². The molecule has 26 heavy (non-hydrogen) atoms. The Morgan fingerprint density at radius 1 is 1.12 bits per heavy atom. The van der Waals surface area contributed by atoms with Gasteiger partial charge in [0.15, 0.2) is 5.70 Å². The summed E-state index contributed by atoms with van der Waals surface area (Å²) in [4.78, 5) is 26.7. The van der Waals surface area contributed by atoms with Gasteiger partial charge in [0.2, 0.25) is 5.90 Å². The SMILES string of the molecule is CC(C)(C)c1ccc(C2=N/C(=C\c3cccc([N+](=O)[O-])c3)C(=O)O2)cc1. The fourth-order valence-corrected chi connectivity index (χ4v) is 2.53. The quantitative estimate of drug-likeness (QED) is 0.359. The molecule has 132 valence electrons. The van der Waals surface area contributed by atoms with Crippen molar-refractivity contribution in [3.8, 4) is 0 Å². The van der Waals surface area contributed by atoms with Crippen LogP contribution in [0, 0.1) is 10.1 Å². The highest BCUT2D eigenvalue weighted by Crippen LogP contribution is 2.25. The molecule has 1 heterocycles. The number of hydrogen-bond acceptors (Lipinski definition) is 5. The lowest BCUT2D eigenvalue weighted by Gasteiger charge is -2.18. The number of hydrogen-bond donors (Lipinski definition) is 0. The number of ether oxygens (including phenoxy) is 1. The van der Waals surface area contributed by atoms with Crippen LogP contribution in [0.15, 0.2) is 59.2 Å². The van der Waals surface area contributed by atoms with Crippen molar-refractivity contribution in [3.05, 3.63) is 81.0 Å². The van der Waals surface area contributed by atoms with Crippen LogP contribution in [0.3, 0.4) is 0 Å². The summed E-state index contributed by atoms with van der Waals surface area (Å²) in [6.45, 7) is 6.36. The molecule has 0 amide bonds. The number of nitro groups is 1. The normalized spacial score (nSPS) is 15.7. The molecule has 3 rings (SSSR count). The van der Waals surface area contributed by atoms with Crippen LogP contribution in [0.5, 0.6) is 0 Å². The van der Waals surface area contributed by atoms with Gasteiger partial charge < -0.3 is 4.74 Å². The molecule has 0 aromatic heterocycles. The maximum atomic E-state index is 12.1. The molecule has 0 N–H and O–H groups in total. The van der Waals surface area contributed by atoms with Crippen molar-refractivity contribution in [2.24, 2.45) is 4.99 Å². The number of nitrogens with zero attached hydrogens (tertiary/aromatic N) is 2. The monoisotopic (exact) mass is 350 g/mol. The zero-order chi connectivity index (χ0) is 18.9. The Kier molecular flexibility index (Phi) is 4.42. The molecule has 0 unspecified atom stereocenters. The molecule has 0 spiro atoms. The Labute approximate surface area is 151 Å². The van der Waals surface area contributed by atoms with Gasteiger partial charge in [0.1, 0.15) is 0 Å². The molecule has 2 aromatic carbocycles. The van der Waals surface area contributed by atoms with Crippen LogP contribution in [-0.2, 0) is 14.9 Å². The lowest BCUT2D eigenvalue weighted by molar-refractivity contribution is -0.384. The van der Waals surface area contributed by atoms with Gasteiger partial charge in [-0.2, -0.15) is 0 Å². The van der Waals surface area contributed by atoms with Crippen molar-refractivity contribution in [2.75, 3.05) is 0 Å². The summed E-state index contributed by atoms with van der Waals surface area (Å²) in [6, 6.07) is 13.7. The molecule has 6 heteroatoms. The molecule has 0 atom stereocenters. The largest absolute Gasteiger partial charge is 0.402 e. The molecule has 1 aliphatic heterocycles. The molecule has 1 aliphatic rings. The van der Waals surface area contributed by atoms with E-state index < -0.39 is 10.9 Å². The number of carbonyl (C=O) groups excluding carboxylic acids is 1. The number of carbonyl (C=O) groups is 1. The lowest BCUT2D eigenvalue weighted by Crippen LogP contribution is -2.11. The predicted molar refractivity (Wildman–Crippen MR) is 98.8 cm³/mol. The maximum absolute atomic E-state index is 12.1. The molecule has 0 saturated carbocycles. The van der Waals surface area contributed by atoms with E-state index in [4.69, 9.17) is 4.74 Å². The summed E-state index contributed by atoms with van der Waals surface area (Å²) in [7, 11) is 0. The molecular weight excluding hydrogens is 332 g/mol. The number of aliphatic imine (C=N–C) groups is 1. The standard InChI is InChI=1S/C20H18N2O4/c1-20(2,3)15-9-7-14(8-10-15)18-21-17(19(23)26-18)12-13-5-4-6-16(11-13)22(24)25/h4-12H,1-3H3/b17-12-. The Balaban J connectivity index is 1.89. The first-order valence-corrected chi connectivity index (χ1v) is 8.12. The van der Waals surface area contributed by atoms with Gasteiger partial charge in [-0.05, 0) is 34.8 Å². The van der Waals surface area contributed by atoms with Crippen molar-refractivity contribution in [3.63, 3.8) is 0 Å². The van der Waals surface area contributed by atoms with E-state index in [-0.39, 0.29) is 22.7 Å². The molecule has 0 saturated heterocycles. The first-order chi connectivity index (χ1) is 12.2. The molecule has 0 bridgehead atoms. The highest BCUT2D eigenvalue weighted by molar-refractivity contribution is 6.12. The topological polar surface area (TPSA) is 81.8 Å². The zero-order valence-corrected chi connectivity index (χ0v) is 14.7. The average molecular weight is 350 g/mol. The van der Waals surface area contributed by atoms with E-state index >= 15 is 0 Å². The van der Waals surface area contributed by atoms with Gasteiger partial charge in [0.05, 0.1) is 4.92 Å². The van der Waals surface area contributed by atoms with Crippen molar-refractivity contribution >= 4 is 23.6 Å². The summed E-state index contributed by atoms with van der Waals surface area (Å²) in [5, 5.41) is 10.9. The van der Waals surface area contributed by atoms with E-state index in [0.717, 1.165) is 0 Å². The summed E-state index contributed by atoms with van der Waals surface area (Å²) in [6.07, 6.45) is 1.48. The second kappa shape index (κ2) is 6.55. The van der Waals surface area contributed by atoms with Crippen molar-refractivity contribution in [1.82, 2.24) is 0 Å². The van der Waals surface area contributed by atoms with Crippen LogP contribution in [0.25, 0.3) is 6.08 Å². The molecular formula is C20H18N2O4. The summed E-state index contributed by atoms with van der Waals surface area (Å²) < 4.78 is 5.24. The van der Waals surface area contributed by atoms with E-state index in [0.29, 0.717) is 11.1 Å². The smallest absolute Gasteiger partial charge is 0.363 e. The van der Waals surface area contributed by atoms with Crippen molar-refractivity contribution in [1.29, 1.82) is 0 Å². The van der Waals surface area contributed by atoms with Gasteiger partial charge in [0, 0.05) is 17.7 Å². The predicted octanol–water partition coefficient (Wildman–Crippen LogP) is 4.24. The molecule has 0 radical (unpaired) electrons. The molecule has 6 nitrogen and oxygen atoms in total. The lowest BCUT2D eigenvalue weighted by atomic mass is 9.87. The Bertz CT molecular complexity index is 935. The van der Waals surface area contributed by atoms with Crippen LogP contribution in [0.1, 0.15) is 37.5 Å². The average Bonchev–Trinajstić information content (AvgIpc) is 2.95. The van der Waals surface area contributed by atoms with Crippen molar-refractivity contribution in [2.45, 2.75) is 26.2 Å². The minimum absolute atomic E-state index is 0.0276. The molecule has 2 aromatic rings. The minimum Gasteiger partial charge on any atom is -0.402 e. The Morgan fingerprint density at radius 2 is 1.81 bits per heavy atom. The van der Waals surface area contributed by atoms with Gasteiger partial charge in [-0.1, -0.05) is 45.0 Å². The van der Waals surface area contributed by atoms with Crippen LogP contribution in [0.4, 0.5) is 5.69 Å². The van der Waals surface area contributed by atoms with Gasteiger partial charge in [-0.25, -0.2) is 9.79 Å². The molecule has 0 aliphatic carbocycles. The van der Waals surface area contributed by atoms with E-state index in [2.05, 4.69) is 25.8 Å². The van der Waals surface area contributed by atoms with Gasteiger partial charge >= 0.3 is 5.97 Å². The van der Waals surface area contributed by atoms with Gasteiger partial charge in [-0.3, -0.25) is 10.1 Å². The van der Waals surface area contributed by atoms with E-state index in [9.17, 15) is 14.9 Å². The van der Waals surface area contributed by atoms with Crippen LogP contribution in [0.2, 0.25) is 0 Å². The number of benzene rings is 2. The summed E-state index contributed by atoms with van der Waals surface area (Å²) >= 11 is 0. The Hall–Kier alpha value is -3.28. The second-order valence-electron chi connectivity index (χ2n) is 7.02. The number of cyclic esters (lactones) is 1. The zero-order valence-electron chi connectivity index (χ0n) is 14.7. The minimum atomic E-state index is -0.577. The maximum Gasteiger partial charge on any atom is 0.363 e. The van der Waals surface area contributed by atoms with Gasteiger partial charge in [-0.15, -0.1) is 0 Å². The summed E-state index contributed by atoms with van der Waals surface area (Å²) in [5.41, 5.74) is 2.47. The number of esters is 1. The highest BCUT2D eigenvalue weighted by Gasteiger charge is 2.24. The number of non-ortho nitro benzene ring substituents is 1. The third-order valence-corrected chi connectivity index (χ3v) is 4.00. The fraction of sp³-hybridized carbons (Fsp3) is 0.200. The first kappa shape index (κ1) is 17.5. The summed E-state index contributed by atoms with van der Waals surface area (Å²) in [5.74, 6) is -0.349. The second-order valence-corrected chi connectivity index (χ2v) is 7.02. The fourth-order valence-electron chi connectivity index (χ4n) is 2.53. The first-order valence-electron chi connectivity index (χ1n) is 8.12. The van der Waals surface area contributed by atoms with Gasteiger partial charge in [0.25, 0.3) is 5.69 Å². The van der Waals surface area contributed by atoms with Crippen molar-refractivity contribution < 1.29 is 14.5 Å². The van der Waals surface area contributed by atoms with E-state index in [1.807, 2.05) is 24.3 Å². The molecule has 0 fully saturated rings. The van der Waals surface area contributed by atoms with Crippen LogP contribution in [-0.4, -0.2) is 16.8 Å². The number of rotatable bonds is 3. The Morgan fingerprint density at radius 3 is 2.42 bits per heavy atom. The highest BCUT2D eigenvalue weighted by atomic mass is 16.6. The van der Waals surface area contributed by atoms with Crippen LogP contribution >= 0.6 is 0 Å². The number of nitro benzene ring substituents is 1. The third kappa shape index (κ3) is 3.69. The third-order valence-electron chi connectivity index (χ3n) is 4.00.